The SMILES string of the molecule is CN=C(NCc1cc(C#N)ccc1F)NCc1ccccc1CN1CCOCC1. The molecule has 2 N–H and O–H groups in total. The number of rotatable bonds is 6. The van der Waals surface area contributed by atoms with Crippen LogP contribution in [0.25, 0.3) is 0 Å². The number of hydrogen-bond donors (Lipinski definition) is 2. The Bertz CT molecular complexity index is 887. The van der Waals surface area contributed by atoms with Crippen molar-refractivity contribution in [2.24, 2.45) is 4.99 Å². The van der Waals surface area contributed by atoms with Crippen molar-refractivity contribution in [1.82, 2.24) is 15.5 Å². The molecule has 0 spiro atoms. The van der Waals surface area contributed by atoms with Crippen LogP contribution in [-0.2, 0) is 24.4 Å². The molecule has 0 aromatic heterocycles. The molecule has 7 heteroatoms. The number of nitrogens with one attached hydrogen (secondary N) is 2. The lowest BCUT2D eigenvalue weighted by Gasteiger charge is -2.27. The molecule has 29 heavy (non-hydrogen) atoms. The number of aliphatic imine (C=N–C) groups is 1. The fourth-order valence-electron chi connectivity index (χ4n) is 3.24. The molecule has 2 aromatic carbocycles. The zero-order valence-electron chi connectivity index (χ0n) is 16.6. The molecule has 0 aliphatic carbocycles. The smallest absolute Gasteiger partial charge is 0.191 e. The van der Waals surface area contributed by atoms with Crippen molar-refractivity contribution in [3.05, 3.63) is 70.5 Å². The summed E-state index contributed by atoms with van der Waals surface area (Å²) >= 11 is 0. The Kier molecular flexibility index (Phi) is 7.56. The van der Waals surface area contributed by atoms with Gasteiger partial charge in [0.15, 0.2) is 5.96 Å². The second-order valence-corrected chi connectivity index (χ2v) is 6.85. The van der Waals surface area contributed by atoms with Crippen LogP contribution < -0.4 is 10.6 Å². The minimum absolute atomic E-state index is 0.246. The summed E-state index contributed by atoms with van der Waals surface area (Å²) in [5, 5.41) is 15.4. The fourth-order valence-corrected chi connectivity index (χ4v) is 3.24. The summed E-state index contributed by atoms with van der Waals surface area (Å²) in [7, 11) is 1.68. The Labute approximate surface area is 171 Å². The number of guanidine groups is 1. The van der Waals surface area contributed by atoms with Gasteiger partial charge in [-0.2, -0.15) is 5.26 Å². The van der Waals surface area contributed by atoms with Crippen LogP contribution in [0.5, 0.6) is 0 Å². The van der Waals surface area contributed by atoms with Crippen LogP contribution in [0, 0.1) is 17.1 Å². The summed E-state index contributed by atoms with van der Waals surface area (Å²) in [4.78, 5) is 6.61. The van der Waals surface area contributed by atoms with E-state index in [0.29, 0.717) is 23.6 Å². The monoisotopic (exact) mass is 395 g/mol. The Morgan fingerprint density at radius 1 is 1.10 bits per heavy atom. The summed E-state index contributed by atoms with van der Waals surface area (Å²) in [5.41, 5.74) is 3.33. The maximum atomic E-state index is 14.0. The van der Waals surface area contributed by atoms with Crippen LogP contribution in [0.2, 0.25) is 0 Å². The number of morpholine rings is 1. The predicted molar refractivity (Wildman–Crippen MR) is 111 cm³/mol. The lowest BCUT2D eigenvalue weighted by molar-refractivity contribution is 0.0341. The average molecular weight is 395 g/mol. The van der Waals surface area contributed by atoms with Crippen molar-refractivity contribution in [2.45, 2.75) is 19.6 Å². The maximum Gasteiger partial charge on any atom is 0.191 e. The standard InChI is InChI=1S/C22H26FN5O/c1-25-22(27-15-20-12-17(13-24)6-7-21(20)23)26-14-18-4-2-3-5-19(18)16-28-8-10-29-11-9-28/h2-7,12H,8-11,14-16H2,1H3,(H2,25,26,27). The summed E-state index contributed by atoms with van der Waals surface area (Å²) in [6, 6.07) is 14.7. The fraction of sp³-hybridized carbons (Fsp3) is 0.364. The van der Waals surface area contributed by atoms with Crippen molar-refractivity contribution in [3.63, 3.8) is 0 Å². The van der Waals surface area contributed by atoms with Crippen molar-refractivity contribution < 1.29 is 9.13 Å². The largest absolute Gasteiger partial charge is 0.379 e. The first kappa shape index (κ1) is 20.8. The molecule has 2 aromatic rings. The van der Waals surface area contributed by atoms with Gasteiger partial charge in [0, 0.05) is 45.3 Å². The van der Waals surface area contributed by atoms with E-state index in [9.17, 15) is 4.39 Å². The molecule has 3 rings (SSSR count). The van der Waals surface area contributed by atoms with E-state index in [4.69, 9.17) is 10.00 Å². The molecule has 1 aliphatic rings. The van der Waals surface area contributed by atoms with Crippen molar-refractivity contribution >= 4 is 5.96 Å². The van der Waals surface area contributed by atoms with E-state index in [1.54, 1.807) is 13.1 Å². The molecule has 1 fully saturated rings. The average Bonchev–Trinajstić information content (AvgIpc) is 2.76. The van der Waals surface area contributed by atoms with Crippen LogP contribution in [0.1, 0.15) is 22.3 Å². The molecule has 6 nitrogen and oxygen atoms in total. The van der Waals surface area contributed by atoms with Crippen LogP contribution >= 0.6 is 0 Å². The van der Waals surface area contributed by atoms with E-state index < -0.39 is 0 Å². The Morgan fingerprint density at radius 3 is 2.48 bits per heavy atom. The third-order valence-corrected chi connectivity index (χ3v) is 4.91. The summed E-state index contributed by atoms with van der Waals surface area (Å²) in [6.45, 7) is 5.19. The van der Waals surface area contributed by atoms with Crippen molar-refractivity contribution in [2.75, 3.05) is 33.4 Å². The van der Waals surface area contributed by atoms with Crippen LogP contribution in [0.3, 0.4) is 0 Å². The van der Waals surface area contributed by atoms with Gasteiger partial charge in [-0.15, -0.1) is 0 Å². The second kappa shape index (κ2) is 10.6. The van der Waals surface area contributed by atoms with Crippen LogP contribution in [-0.4, -0.2) is 44.2 Å². The lowest BCUT2D eigenvalue weighted by atomic mass is 10.1. The highest BCUT2D eigenvalue weighted by molar-refractivity contribution is 5.79. The number of hydrogen-bond acceptors (Lipinski definition) is 4. The van der Waals surface area contributed by atoms with Gasteiger partial charge in [-0.3, -0.25) is 9.89 Å². The first-order chi connectivity index (χ1) is 14.2. The van der Waals surface area contributed by atoms with E-state index in [0.717, 1.165) is 32.8 Å². The lowest BCUT2D eigenvalue weighted by Crippen LogP contribution is -2.37. The van der Waals surface area contributed by atoms with Gasteiger partial charge >= 0.3 is 0 Å². The molecular formula is C22H26FN5O. The molecule has 0 atom stereocenters. The Balaban J connectivity index is 1.58. The minimum Gasteiger partial charge on any atom is -0.379 e. The van der Waals surface area contributed by atoms with Gasteiger partial charge in [0.25, 0.3) is 0 Å². The number of nitrogens with zero attached hydrogens (tertiary/aromatic N) is 3. The normalized spacial score (nSPS) is 15.0. The number of halogens is 1. The summed E-state index contributed by atoms with van der Waals surface area (Å²) < 4.78 is 19.4. The van der Waals surface area contributed by atoms with E-state index in [1.165, 1.54) is 23.3 Å². The highest BCUT2D eigenvalue weighted by Gasteiger charge is 2.13. The molecule has 152 valence electrons. The highest BCUT2D eigenvalue weighted by atomic mass is 19.1. The number of benzene rings is 2. The third-order valence-electron chi connectivity index (χ3n) is 4.91. The van der Waals surface area contributed by atoms with Crippen molar-refractivity contribution in [1.29, 1.82) is 5.26 Å². The molecule has 0 amide bonds. The molecule has 0 radical (unpaired) electrons. The van der Waals surface area contributed by atoms with Crippen molar-refractivity contribution in [3.8, 4) is 6.07 Å². The number of nitriles is 1. The van der Waals surface area contributed by atoms with Gasteiger partial charge in [-0.1, -0.05) is 24.3 Å². The maximum absolute atomic E-state index is 14.0. The topological polar surface area (TPSA) is 72.7 Å². The van der Waals surface area contributed by atoms with E-state index in [1.807, 2.05) is 12.1 Å². The molecule has 1 saturated heterocycles. The Hall–Kier alpha value is -2.95. The molecule has 0 saturated carbocycles. The number of ether oxygens (including phenoxy) is 1. The first-order valence-corrected chi connectivity index (χ1v) is 9.69. The van der Waals surface area contributed by atoms with E-state index in [-0.39, 0.29) is 12.4 Å². The highest BCUT2D eigenvalue weighted by Crippen LogP contribution is 2.13. The quantitative estimate of drug-likeness (QED) is 0.581. The van der Waals surface area contributed by atoms with E-state index >= 15 is 0 Å². The molecule has 0 unspecified atom stereocenters. The van der Waals surface area contributed by atoms with Crippen LogP contribution in [0.15, 0.2) is 47.5 Å². The summed E-state index contributed by atoms with van der Waals surface area (Å²) in [5.74, 6) is 0.232. The Morgan fingerprint density at radius 2 is 1.79 bits per heavy atom. The first-order valence-electron chi connectivity index (χ1n) is 9.69. The zero-order chi connectivity index (χ0) is 20.5. The van der Waals surface area contributed by atoms with Gasteiger partial charge in [-0.05, 0) is 29.3 Å². The molecule has 1 aliphatic heterocycles. The molecular weight excluding hydrogens is 369 g/mol. The summed E-state index contributed by atoms with van der Waals surface area (Å²) in [6.07, 6.45) is 0. The van der Waals surface area contributed by atoms with Gasteiger partial charge in [0.1, 0.15) is 5.82 Å². The second-order valence-electron chi connectivity index (χ2n) is 6.85. The third kappa shape index (κ3) is 6.01. The van der Waals surface area contributed by atoms with Crippen LogP contribution in [0.4, 0.5) is 4.39 Å². The zero-order valence-corrected chi connectivity index (χ0v) is 16.6. The van der Waals surface area contributed by atoms with Gasteiger partial charge < -0.3 is 15.4 Å². The predicted octanol–water partition coefficient (Wildman–Crippen LogP) is 2.39. The van der Waals surface area contributed by atoms with Gasteiger partial charge in [0.2, 0.25) is 0 Å². The molecule has 1 heterocycles. The van der Waals surface area contributed by atoms with E-state index in [2.05, 4.69) is 38.7 Å². The van der Waals surface area contributed by atoms with Gasteiger partial charge in [-0.25, -0.2) is 4.39 Å². The van der Waals surface area contributed by atoms with Gasteiger partial charge in [0.05, 0.1) is 24.8 Å². The minimum atomic E-state index is -0.345. The molecule has 0 bridgehead atoms.